The van der Waals surface area contributed by atoms with Crippen molar-refractivity contribution in [3.8, 4) is 0 Å². The first-order valence-electron chi connectivity index (χ1n) is 6.97. The summed E-state index contributed by atoms with van der Waals surface area (Å²) >= 11 is 0. The van der Waals surface area contributed by atoms with Crippen molar-refractivity contribution in [3.05, 3.63) is 29.8 Å². The smallest absolute Gasteiger partial charge is 0.305 e. The Morgan fingerprint density at radius 1 is 1.16 bits per heavy atom. The Hall–Kier alpha value is -1.51. The van der Waals surface area contributed by atoms with Crippen molar-refractivity contribution >= 4 is 11.7 Å². The minimum Gasteiger partial charge on any atom is -0.481 e. The lowest BCUT2D eigenvalue weighted by Gasteiger charge is -2.26. The van der Waals surface area contributed by atoms with E-state index in [4.69, 9.17) is 5.11 Å². The van der Waals surface area contributed by atoms with Crippen molar-refractivity contribution in [1.82, 2.24) is 0 Å². The van der Waals surface area contributed by atoms with E-state index in [-0.39, 0.29) is 6.42 Å². The van der Waals surface area contributed by atoms with Gasteiger partial charge in [-0.25, -0.2) is 0 Å². The number of aliphatic carboxylic acids is 1. The zero-order valence-electron chi connectivity index (χ0n) is 12.4. The fraction of sp³-hybridized carbons (Fsp3) is 0.562. The van der Waals surface area contributed by atoms with Crippen molar-refractivity contribution in [2.45, 2.75) is 40.0 Å². The first-order chi connectivity index (χ1) is 8.90. The fourth-order valence-electron chi connectivity index (χ4n) is 2.07. The van der Waals surface area contributed by atoms with Crippen LogP contribution in [0.2, 0.25) is 0 Å². The van der Waals surface area contributed by atoms with E-state index in [0.717, 1.165) is 12.2 Å². The summed E-state index contributed by atoms with van der Waals surface area (Å²) < 4.78 is 0. The van der Waals surface area contributed by atoms with Gasteiger partial charge in [-0.15, -0.1) is 0 Å². The molecule has 1 aromatic carbocycles. The maximum absolute atomic E-state index is 10.7. The molecule has 0 atom stereocenters. The highest BCUT2D eigenvalue weighted by atomic mass is 16.4. The average molecular weight is 263 g/mol. The molecule has 3 nitrogen and oxygen atoms in total. The molecule has 3 heteroatoms. The van der Waals surface area contributed by atoms with Crippen LogP contribution in [0.25, 0.3) is 0 Å². The maximum Gasteiger partial charge on any atom is 0.305 e. The molecule has 0 saturated carbocycles. The summed E-state index contributed by atoms with van der Waals surface area (Å²) in [6.07, 6.45) is 0.179. The molecular formula is C16H25NO2. The van der Waals surface area contributed by atoms with Crippen LogP contribution in [0.15, 0.2) is 24.3 Å². The molecule has 0 fully saturated rings. The number of carbonyl (C=O) groups is 1. The molecule has 0 heterocycles. The largest absolute Gasteiger partial charge is 0.481 e. The van der Waals surface area contributed by atoms with Gasteiger partial charge in [0.15, 0.2) is 0 Å². The second kappa shape index (κ2) is 7.17. The Morgan fingerprint density at radius 2 is 1.74 bits per heavy atom. The van der Waals surface area contributed by atoms with Gasteiger partial charge in [0.25, 0.3) is 0 Å². The topological polar surface area (TPSA) is 40.5 Å². The molecule has 0 aromatic heterocycles. The highest BCUT2D eigenvalue weighted by molar-refractivity contribution is 5.67. The average Bonchev–Trinajstić information content (AvgIpc) is 2.34. The summed E-state index contributed by atoms with van der Waals surface area (Å²) in [7, 11) is 0. The zero-order chi connectivity index (χ0) is 14.4. The predicted octanol–water partition coefficient (Wildman–Crippen LogP) is 3.75. The molecule has 106 valence electrons. The van der Waals surface area contributed by atoms with Gasteiger partial charge in [0.2, 0.25) is 0 Å². The van der Waals surface area contributed by atoms with E-state index in [1.54, 1.807) is 0 Å². The lowest BCUT2D eigenvalue weighted by molar-refractivity contribution is -0.136. The van der Waals surface area contributed by atoms with Crippen LogP contribution in [0.1, 0.15) is 45.6 Å². The third-order valence-corrected chi connectivity index (χ3v) is 3.11. The molecule has 0 aliphatic heterocycles. The highest BCUT2D eigenvalue weighted by Crippen LogP contribution is 2.21. The van der Waals surface area contributed by atoms with Crippen molar-refractivity contribution in [3.63, 3.8) is 0 Å². The molecule has 1 aromatic rings. The van der Waals surface area contributed by atoms with Gasteiger partial charge in [-0.1, -0.05) is 39.8 Å². The van der Waals surface area contributed by atoms with E-state index in [0.29, 0.717) is 18.4 Å². The van der Waals surface area contributed by atoms with Gasteiger partial charge < -0.3 is 10.0 Å². The standard InChI is InChI=1S/C16H25NO2/c1-12(2)11-17(10-9-16(18)19)15-7-5-14(6-8-15)13(3)4/h5-8,12-13H,9-11H2,1-4H3,(H,18,19). The summed E-state index contributed by atoms with van der Waals surface area (Å²) in [4.78, 5) is 12.9. The van der Waals surface area contributed by atoms with Crippen LogP contribution in [0.3, 0.4) is 0 Å². The quantitative estimate of drug-likeness (QED) is 0.814. The monoisotopic (exact) mass is 263 g/mol. The molecule has 1 N–H and O–H groups in total. The Morgan fingerprint density at radius 3 is 2.16 bits per heavy atom. The molecule has 0 saturated heterocycles. The third kappa shape index (κ3) is 5.33. The second-order valence-corrected chi connectivity index (χ2v) is 5.73. The van der Waals surface area contributed by atoms with E-state index < -0.39 is 5.97 Å². The molecule has 0 aliphatic carbocycles. The fourth-order valence-corrected chi connectivity index (χ4v) is 2.07. The van der Waals surface area contributed by atoms with Crippen molar-refractivity contribution in [2.75, 3.05) is 18.0 Å². The number of anilines is 1. The molecular weight excluding hydrogens is 238 g/mol. The van der Waals surface area contributed by atoms with Gasteiger partial charge >= 0.3 is 5.97 Å². The summed E-state index contributed by atoms with van der Waals surface area (Å²) in [6, 6.07) is 8.46. The number of hydrogen-bond donors (Lipinski definition) is 1. The van der Waals surface area contributed by atoms with Crippen molar-refractivity contribution < 1.29 is 9.90 Å². The Kier molecular flexibility index (Phi) is 5.87. The first-order valence-corrected chi connectivity index (χ1v) is 6.97. The molecule has 0 radical (unpaired) electrons. The van der Waals surface area contributed by atoms with Gasteiger partial charge in [-0.05, 0) is 29.5 Å². The van der Waals surface area contributed by atoms with Gasteiger partial charge in [-0.2, -0.15) is 0 Å². The van der Waals surface area contributed by atoms with Crippen LogP contribution in [-0.4, -0.2) is 24.2 Å². The molecule has 1 rings (SSSR count). The van der Waals surface area contributed by atoms with E-state index in [1.165, 1.54) is 5.56 Å². The van der Waals surface area contributed by atoms with E-state index in [2.05, 4.69) is 56.9 Å². The lowest BCUT2D eigenvalue weighted by atomic mass is 10.0. The molecule has 0 aliphatic rings. The molecule has 0 bridgehead atoms. The number of nitrogens with zero attached hydrogens (tertiary/aromatic N) is 1. The molecule has 0 amide bonds. The number of carboxylic acids is 1. The van der Waals surface area contributed by atoms with Crippen LogP contribution in [0.4, 0.5) is 5.69 Å². The van der Waals surface area contributed by atoms with Gasteiger partial charge in [0.05, 0.1) is 6.42 Å². The van der Waals surface area contributed by atoms with E-state index >= 15 is 0 Å². The number of rotatable bonds is 7. The van der Waals surface area contributed by atoms with Crippen molar-refractivity contribution in [2.24, 2.45) is 5.92 Å². The van der Waals surface area contributed by atoms with Gasteiger partial charge in [-0.3, -0.25) is 4.79 Å². The summed E-state index contributed by atoms with van der Waals surface area (Å²) in [6.45, 7) is 10.1. The Balaban J connectivity index is 2.80. The van der Waals surface area contributed by atoms with Gasteiger partial charge in [0, 0.05) is 18.8 Å². The van der Waals surface area contributed by atoms with Crippen LogP contribution < -0.4 is 4.90 Å². The number of benzene rings is 1. The Bertz CT molecular complexity index is 396. The van der Waals surface area contributed by atoms with E-state index in [1.807, 2.05) is 0 Å². The number of hydrogen-bond acceptors (Lipinski definition) is 2. The normalized spacial score (nSPS) is 11.1. The molecule has 19 heavy (non-hydrogen) atoms. The van der Waals surface area contributed by atoms with E-state index in [9.17, 15) is 4.79 Å². The lowest BCUT2D eigenvalue weighted by Crippen LogP contribution is -2.30. The molecule has 0 spiro atoms. The van der Waals surface area contributed by atoms with Crippen LogP contribution in [0, 0.1) is 5.92 Å². The maximum atomic E-state index is 10.7. The summed E-state index contributed by atoms with van der Waals surface area (Å²) in [5.41, 5.74) is 2.42. The van der Waals surface area contributed by atoms with Gasteiger partial charge in [0.1, 0.15) is 0 Å². The SMILES string of the molecule is CC(C)CN(CCC(=O)O)c1ccc(C(C)C)cc1. The minimum atomic E-state index is -0.743. The van der Waals surface area contributed by atoms with Crippen LogP contribution in [0.5, 0.6) is 0 Å². The number of carboxylic acid groups (broad SMARTS) is 1. The summed E-state index contributed by atoms with van der Waals surface area (Å²) in [5, 5.41) is 8.83. The van der Waals surface area contributed by atoms with Crippen LogP contribution >= 0.6 is 0 Å². The van der Waals surface area contributed by atoms with Crippen LogP contribution in [-0.2, 0) is 4.79 Å². The molecule has 0 unspecified atom stereocenters. The third-order valence-electron chi connectivity index (χ3n) is 3.11. The summed E-state index contributed by atoms with van der Waals surface area (Å²) in [5.74, 6) is 0.290. The minimum absolute atomic E-state index is 0.179. The predicted molar refractivity (Wildman–Crippen MR) is 79.8 cm³/mol. The zero-order valence-corrected chi connectivity index (χ0v) is 12.4. The first kappa shape index (κ1) is 15.5. The second-order valence-electron chi connectivity index (χ2n) is 5.73. The van der Waals surface area contributed by atoms with Crippen molar-refractivity contribution in [1.29, 1.82) is 0 Å². The highest BCUT2D eigenvalue weighted by Gasteiger charge is 2.11. The Labute approximate surface area is 116 Å².